The third kappa shape index (κ3) is 4.20. The first-order chi connectivity index (χ1) is 14.0. The van der Waals surface area contributed by atoms with E-state index >= 15 is 0 Å². The Labute approximate surface area is 171 Å². The Kier molecular flexibility index (Phi) is 5.67. The zero-order valence-corrected chi connectivity index (χ0v) is 17.0. The summed E-state index contributed by atoms with van der Waals surface area (Å²) in [7, 11) is 3.25. The van der Waals surface area contributed by atoms with E-state index in [0.717, 1.165) is 54.3 Å². The van der Waals surface area contributed by atoms with Gasteiger partial charge in [0.25, 0.3) is 0 Å². The summed E-state index contributed by atoms with van der Waals surface area (Å²) >= 11 is 0. The maximum Gasteiger partial charge on any atom is 0.126 e. The van der Waals surface area contributed by atoms with Crippen LogP contribution in [0.25, 0.3) is 0 Å². The lowest BCUT2D eigenvalue weighted by atomic mass is 9.81. The molecule has 156 valence electrons. The number of β-amino-alcohol motifs (C(OH)–C–C–N with tert-alkyl or cyclic N) is 1. The number of aliphatic hydroxyl groups is 2. The highest BCUT2D eigenvalue weighted by Crippen LogP contribution is 2.45. The molecule has 4 rings (SSSR count). The second kappa shape index (κ2) is 8.22. The molecule has 0 saturated carbocycles. The predicted molar refractivity (Wildman–Crippen MR) is 110 cm³/mol. The number of hydrogen-bond donors (Lipinski definition) is 2. The van der Waals surface area contributed by atoms with Crippen LogP contribution in [0.4, 0.5) is 0 Å². The van der Waals surface area contributed by atoms with Crippen LogP contribution in [0.3, 0.4) is 0 Å². The summed E-state index contributed by atoms with van der Waals surface area (Å²) in [5.41, 5.74) is 1.34. The van der Waals surface area contributed by atoms with Gasteiger partial charge >= 0.3 is 0 Å². The predicted octanol–water partition coefficient (Wildman–Crippen LogP) is 3.09. The van der Waals surface area contributed by atoms with Gasteiger partial charge in [-0.1, -0.05) is 12.1 Å². The first-order valence-corrected chi connectivity index (χ1v) is 10.1. The van der Waals surface area contributed by atoms with Gasteiger partial charge in [-0.15, -0.1) is 0 Å². The van der Waals surface area contributed by atoms with Crippen molar-refractivity contribution in [2.45, 2.75) is 37.1 Å². The van der Waals surface area contributed by atoms with Gasteiger partial charge in [-0.2, -0.15) is 0 Å². The van der Waals surface area contributed by atoms with Crippen molar-refractivity contribution >= 4 is 0 Å². The molecule has 0 bridgehead atoms. The largest absolute Gasteiger partial charge is 0.497 e. The van der Waals surface area contributed by atoms with Gasteiger partial charge in [0, 0.05) is 31.6 Å². The minimum absolute atomic E-state index is 0.345. The summed E-state index contributed by atoms with van der Waals surface area (Å²) in [5, 5.41) is 21.3. The number of methoxy groups -OCH3 is 2. The number of fused-ring (bicyclic) bond motifs is 1. The lowest BCUT2D eigenvalue weighted by molar-refractivity contribution is -0.0588. The Bertz CT molecular complexity index is 830. The zero-order chi connectivity index (χ0) is 20.4. The average molecular weight is 399 g/mol. The number of nitrogens with zero attached hydrogens (tertiary/aromatic N) is 1. The van der Waals surface area contributed by atoms with Crippen molar-refractivity contribution in [2.75, 3.05) is 33.9 Å². The molecule has 6 heteroatoms. The van der Waals surface area contributed by atoms with Gasteiger partial charge in [0.2, 0.25) is 0 Å². The minimum atomic E-state index is -0.551. The number of aliphatic hydroxyl groups excluding tert-OH is 2. The molecule has 0 unspecified atom stereocenters. The second-order valence-corrected chi connectivity index (χ2v) is 8.00. The van der Waals surface area contributed by atoms with E-state index in [1.54, 1.807) is 14.2 Å². The number of rotatable bonds is 5. The molecule has 29 heavy (non-hydrogen) atoms. The first-order valence-electron chi connectivity index (χ1n) is 10.1. The molecule has 1 fully saturated rings. The topological polar surface area (TPSA) is 71.4 Å². The van der Waals surface area contributed by atoms with Gasteiger partial charge in [0.1, 0.15) is 22.8 Å². The molecule has 1 spiro atoms. The van der Waals surface area contributed by atoms with E-state index in [1.165, 1.54) is 0 Å². The number of ether oxygens (including phenoxy) is 3. The lowest BCUT2D eigenvalue weighted by Gasteiger charge is -2.46. The van der Waals surface area contributed by atoms with Gasteiger partial charge in [-0.05, 0) is 48.7 Å². The Morgan fingerprint density at radius 3 is 2.38 bits per heavy atom. The molecule has 0 radical (unpaired) electrons. The standard InChI is InChI=1S/C23H29NO5/c1-27-17-5-3-16(4-6-17)21(26)15-24-11-9-23(10-12-24)14-20(25)19-13-18(28-2)7-8-22(19)29-23/h3-8,13,20-21,25-26H,9-12,14-15H2,1-2H3/t20-,21+/m0/s1. The molecule has 2 aliphatic rings. The van der Waals surface area contributed by atoms with E-state index in [9.17, 15) is 10.2 Å². The van der Waals surface area contributed by atoms with E-state index < -0.39 is 12.2 Å². The van der Waals surface area contributed by atoms with Crippen LogP contribution < -0.4 is 14.2 Å². The highest BCUT2D eigenvalue weighted by Gasteiger charge is 2.43. The molecule has 0 amide bonds. The van der Waals surface area contributed by atoms with Crippen molar-refractivity contribution in [1.82, 2.24) is 4.90 Å². The normalized spacial score (nSPS) is 21.9. The van der Waals surface area contributed by atoms with Crippen LogP contribution in [-0.2, 0) is 0 Å². The Morgan fingerprint density at radius 2 is 1.72 bits per heavy atom. The SMILES string of the molecule is COc1ccc([C@H](O)CN2CCC3(CC2)C[C@H](O)c2cc(OC)ccc2O3)cc1. The summed E-state index contributed by atoms with van der Waals surface area (Å²) in [6.45, 7) is 2.23. The molecule has 0 aromatic heterocycles. The molecule has 0 aliphatic carbocycles. The van der Waals surface area contributed by atoms with Crippen molar-refractivity contribution in [3.63, 3.8) is 0 Å². The van der Waals surface area contributed by atoms with Gasteiger partial charge in [-0.3, -0.25) is 0 Å². The average Bonchev–Trinajstić information content (AvgIpc) is 2.75. The molecule has 2 heterocycles. The smallest absolute Gasteiger partial charge is 0.126 e. The summed E-state index contributed by atoms with van der Waals surface area (Å²) in [6, 6.07) is 13.2. The van der Waals surface area contributed by atoms with E-state index in [4.69, 9.17) is 14.2 Å². The number of piperidine rings is 1. The van der Waals surface area contributed by atoms with E-state index in [2.05, 4.69) is 4.90 Å². The Morgan fingerprint density at radius 1 is 1.07 bits per heavy atom. The van der Waals surface area contributed by atoms with Crippen LogP contribution in [0.5, 0.6) is 17.2 Å². The fraction of sp³-hybridized carbons (Fsp3) is 0.478. The molecule has 2 aromatic rings. The third-order valence-corrected chi connectivity index (χ3v) is 6.17. The fourth-order valence-corrected chi connectivity index (χ4v) is 4.37. The van der Waals surface area contributed by atoms with Crippen LogP contribution in [0.1, 0.15) is 42.6 Å². The summed E-state index contributed by atoms with van der Waals surface area (Å²) < 4.78 is 16.8. The third-order valence-electron chi connectivity index (χ3n) is 6.17. The van der Waals surface area contributed by atoms with Gasteiger partial charge in [0.05, 0.1) is 26.4 Å². The maximum atomic E-state index is 10.7. The minimum Gasteiger partial charge on any atom is -0.497 e. The van der Waals surface area contributed by atoms with E-state index in [0.29, 0.717) is 13.0 Å². The van der Waals surface area contributed by atoms with E-state index in [1.807, 2.05) is 42.5 Å². The monoisotopic (exact) mass is 399 g/mol. The molecule has 6 nitrogen and oxygen atoms in total. The van der Waals surface area contributed by atoms with Crippen LogP contribution in [0, 0.1) is 0 Å². The van der Waals surface area contributed by atoms with Gasteiger partial charge < -0.3 is 29.3 Å². The first kappa shape index (κ1) is 20.0. The van der Waals surface area contributed by atoms with Crippen LogP contribution in [0.2, 0.25) is 0 Å². The van der Waals surface area contributed by atoms with Crippen LogP contribution >= 0.6 is 0 Å². The summed E-state index contributed by atoms with van der Waals surface area (Å²) in [6.07, 6.45) is 1.14. The van der Waals surface area contributed by atoms with E-state index in [-0.39, 0.29) is 5.60 Å². The molecule has 2 aromatic carbocycles. The molecule has 2 N–H and O–H groups in total. The van der Waals surface area contributed by atoms with Crippen molar-refractivity contribution < 1.29 is 24.4 Å². The summed E-state index contributed by atoms with van der Waals surface area (Å²) in [5.74, 6) is 2.26. The zero-order valence-electron chi connectivity index (χ0n) is 17.0. The van der Waals surface area contributed by atoms with Crippen molar-refractivity contribution in [1.29, 1.82) is 0 Å². The number of likely N-dealkylation sites (tertiary alicyclic amines) is 1. The van der Waals surface area contributed by atoms with Crippen molar-refractivity contribution in [3.8, 4) is 17.2 Å². The molecular formula is C23H29NO5. The quantitative estimate of drug-likeness (QED) is 0.805. The number of hydrogen-bond acceptors (Lipinski definition) is 6. The van der Waals surface area contributed by atoms with Crippen molar-refractivity contribution in [2.24, 2.45) is 0 Å². The van der Waals surface area contributed by atoms with Gasteiger partial charge in [-0.25, -0.2) is 0 Å². The number of benzene rings is 2. The lowest BCUT2D eigenvalue weighted by Crippen LogP contribution is -2.51. The maximum absolute atomic E-state index is 10.7. The Balaban J connectivity index is 1.37. The molecular weight excluding hydrogens is 370 g/mol. The fourth-order valence-electron chi connectivity index (χ4n) is 4.37. The summed E-state index contributed by atoms with van der Waals surface area (Å²) in [4.78, 5) is 2.26. The van der Waals surface area contributed by atoms with Crippen molar-refractivity contribution in [3.05, 3.63) is 53.6 Å². The van der Waals surface area contributed by atoms with Crippen LogP contribution in [-0.4, -0.2) is 54.6 Å². The molecule has 2 aliphatic heterocycles. The van der Waals surface area contributed by atoms with Crippen LogP contribution in [0.15, 0.2) is 42.5 Å². The second-order valence-electron chi connectivity index (χ2n) is 8.00. The highest BCUT2D eigenvalue weighted by molar-refractivity contribution is 5.43. The highest BCUT2D eigenvalue weighted by atomic mass is 16.5. The Hall–Kier alpha value is -2.28. The molecule has 1 saturated heterocycles. The van der Waals surface area contributed by atoms with Gasteiger partial charge in [0.15, 0.2) is 0 Å². The molecule has 2 atom stereocenters.